The number of hydrogen-bond acceptors (Lipinski definition) is 7. The number of carboxylic acids is 1. The van der Waals surface area contributed by atoms with Crippen LogP contribution < -0.4 is 16.0 Å². The fraction of sp³-hybridized carbons (Fsp3) is 0.250. The Kier molecular flexibility index (Phi) is 7.15. The van der Waals surface area contributed by atoms with Gasteiger partial charge in [-0.25, -0.2) is 14.5 Å². The van der Waals surface area contributed by atoms with Gasteiger partial charge in [0, 0.05) is 36.7 Å². The van der Waals surface area contributed by atoms with Crippen molar-refractivity contribution < 1.29 is 27.8 Å². The molecular formula is C20H21F3N6O3. The van der Waals surface area contributed by atoms with Crippen LogP contribution in [0, 0.1) is 0 Å². The third-order valence-corrected chi connectivity index (χ3v) is 4.37. The normalized spacial score (nSPS) is 13.8. The minimum absolute atomic E-state index is 0.630. The molecule has 1 aliphatic heterocycles. The highest BCUT2D eigenvalue weighted by atomic mass is 19.4. The van der Waals surface area contributed by atoms with Crippen molar-refractivity contribution in [1.82, 2.24) is 14.8 Å². The van der Waals surface area contributed by atoms with Crippen LogP contribution in [0.4, 0.5) is 36.1 Å². The molecule has 1 saturated heterocycles. The molecule has 2 aromatic heterocycles. The third kappa shape index (κ3) is 6.35. The number of rotatable bonds is 4. The van der Waals surface area contributed by atoms with Gasteiger partial charge in [0.25, 0.3) is 0 Å². The van der Waals surface area contributed by atoms with Gasteiger partial charge in [0.15, 0.2) is 0 Å². The number of alkyl halides is 3. The predicted octanol–water partition coefficient (Wildman–Crippen LogP) is 3.06. The zero-order valence-electron chi connectivity index (χ0n) is 16.8. The number of nitrogens with zero attached hydrogens (tertiary/aromatic N) is 4. The SMILES string of the molecule is Nc1cnn(-c2ccnc(Nc3ccc(N4CCOCC4)cc3)c2)c1.O=C(O)C(F)(F)F. The lowest BCUT2D eigenvalue weighted by atomic mass is 10.2. The Morgan fingerprint density at radius 3 is 2.34 bits per heavy atom. The Bertz CT molecular complexity index is 1030. The molecule has 0 atom stereocenters. The molecule has 0 saturated carbocycles. The van der Waals surface area contributed by atoms with Crippen molar-refractivity contribution in [2.75, 3.05) is 42.3 Å². The van der Waals surface area contributed by atoms with E-state index in [0.717, 1.165) is 43.5 Å². The van der Waals surface area contributed by atoms with Crippen LogP contribution in [-0.4, -0.2) is 58.3 Å². The Labute approximate surface area is 181 Å². The number of nitrogen functional groups attached to an aromatic ring is 1. The number of nitrogens with one attached hydrogen (secondary N) is 1. The number of aliphatic carboxylic acids is 1. The standard InChI is InChI=1S/C18H20N6O.C2HF3O2/c19-14-12-21-24(13-14)17-5-6-20-18(11-17)22-15-1-3-16(4-2-15)23-7-9-25-10-8-23;3-2(4,5)1(6)7/h1-6,11-13H,7-10,19H2,(H,20,22);(H,6,7). The number of ether oxygens (including phenoxy) is 1. The molecule has 4 N–H and O–H groups in total. The highest BCUT2D eigenvalue weighted by molar-refractivity contribution is 5.73. The average Bonchev–Trinajstić information content (AvgIpc) is 3.21. The first-order valence-corrected chi connectivity index (χ1v) is 9.49. The number of hydrogen-bond donors (Lipinski definition) is 3. The van der Waals surface area contributed by atoms with Gasteiger partial charge in [0.2, 0.25) is 0 Å². The fourth-order valence-electron chi connectivity index (χ4n) is 2.83. The van der Waals surface area contributed by atoms with Gasteiger partial charge in [-0.15, -0.1) is 0 Å². The number of halogens is 3. The maximum Gasteiger partial charge on any atom is 0.490 e. The van der Waals surface area contributed by atoms with Crippen LogP contribution in [0.15, 0.2) is 55.0 Å². The largest absolute Gasteiger partial charge is 0.490 e. The second-order valence-corrected chi connectivity index (χ2v) is 6.69. The zero-order chi connectivity index (χ0) is 23.1. The number of morpholine rings is 1. The molecule has 0 radical (unpaired) electrons. The van der Waals surface area contributed by atoms with E-state index in [-0.39, 0.29) is 0 Å². The first kappa shape index (κ1) is 22.9. The van der Waals surface area contributed by atoms with E-state index in [1.54, 1.807) is 23.3 Å². The van der Waals surface area contributed by atoms with Gasteiger partial charge in [-0.05, 0) is 30.3 Å². The Balaban J connectivity index is 0.000000360. The maximum atomic E-state index is 10.6. The van der Waals surface area contributed by atoms with Crippen molar-refractivity contribution >= 4 is 28.8 Å². The van der Waals surface area contributed by atoms with E-state index in [4.69, 9.17) is 20.4 Å². The van der Waals surface area contributed by atoms with Gasteiger partial charge in [-0.1, -0.05) is 0 Å². The third-order valence-electron chi connectivity index (χ3n) is 4.37. The molecule has 0 bridgehead atoms. The molecule has 3 aromatic rings. The van der Waals surface area contributed by atoms with Gasteiger partial charge in [-0.3, -0.25) is 0 Å². The smallest absolute Gasteiger partial charge is 0.475 e. The summed E-state index contributed by atoms with van der Waals surface area (Å²) in [6.07, 6.45) is 0.0613. The Hall–Kier alpha value is -3.80. The summed E-state index contributed by atoms with van der Waals surface area (Å²) < 4.78 is 38.9. The lowest BCUT2D eigenvalue weighted by molar-refractivity contribution is -0.192. The van der Waals surface area contributed by atoms with E-state index in [1.807, 2.05) is 12.1 Å². The Morgan fingerprint density at radius 1 is 1.12 bits per heavy atom. The first-order valence-electron chi connectivity index (χ1n) is 9.49. The molecule has 1 aliphatic rings. The summed E-state index contributed by atoms with van der Waals surface area (Å²) in [5.41, 5.74) is 9.46. The topological polar surface area (TPSA) is 119 Å². The molecule has 9 nitrogen and oxygen atoms in total. The quantitative estimate of drug-likeness (QED) is 0.555. The molecule has 12 heteroatoms. The van der Waals surface area contributed by atoms with Crippen LogP contribution in [0.3, 0.4) is 0 Å². The lowest BCUT2D eigenvalue weighted by Gasteiger charge is -2.28. The summed E-state index contributed by atoms with van der Waals surface area (Å²) in [7, 11) is 0. The summed E-state index contributed by atoms with van der Waals surface area (Å²) in [5, 5.41) is 14.7. The van der Waals surface area contributed by atoms with Gasteiger partial charge in [0.1, 0.15) is 5.82 Å². The number of benzene rings is 1. The molecule has 4 rings (SSSR count). The summed E-state index contributed by atoms with van der Waals surface area (Å²) in [5.74, 6) is -2.00. The summed E-state index contributed by atoms with van der Waals surface area (Å²) in [6, 6.07) is 12.2. The van der Waals surface area contributed by atoms with Gasteiger partial charge < -0.3 is 25.8 Å². The summed E-state index contributed by atoms with van der Waals surface area (Å²) in [6.45, 7) is 3.44. The molecule has 0 unspecified atom stereocenters. The van der Waals surface area contributed by atoms with E-state index in [1.165, 1.54) is 5.69 Å². The van der Waals surface area contributed by atoms with Gasteiger partial charge in [0.05, 0.1) is 37.0 Å². The van der Waals surface area contributed by atoms with Gasteiger partial charge >= 0.3 is 12.1 Å². The van der Waals surface area contributed by atoms with Crippen molar-refractivity contribution in [2.45, 2.75) is 6.18 Å². The minimum Gasteiger partial charge on any atom is -0.475 e. The van der Waals surface area contributed by atoms with Crippen LogP contribution in [0.2, 0.25) is 0 Å². The molecule has 32 heavy (non-hydrogen) atoms. The molecule has 0 amide bonds. The Morgan fingerprint density at radius 2 is 1.78 bits per heavy atom. The van der Waals surface area contributed by atoms with Crippen molar-refractivity contribution in [3.8, 4) is 5.69 Å². The number of carbonyl (C=O) groups is 1. The minimum atomic E-state index is -5.08. The molecule has 0 aliphatic carbocycles. The number of pyridine rings is 1. The van der Waals surface area contributed by atoms with E-state index < -0.39 is 12.1 Å². The number of anilines is 4. The van der Waals surface area contributed by atoms with E-state index in [2.05, 4.69) is 44.6 Å². The van der Waals surface area contributed by atoms with Gasteiger partial charge in [-0.2, -0.15) is 18.3 Å². The van der Waals surface area contributed by atoms with Crippen LogP contribution in [-0.2, 0) is 9.53 Å². The number of nitrogens with two attached hydrogens (primary N) is 1. The predicted molar refractivity (Wildman–Crippen MR) is 112 cm³/mol. The zero-order valence-corrected chi connectivity index (χ0v) is 16.8. The highest BCUT2D eigenvalue weighted by Gasteiger charge is 2.38. The number of aromatic nitrogens is 3. The highest BCUT2D eigenvalue weighted by Crippen LogP contribution is 2.22. The average molecular weight is 450 g/mol. The van der Waals surface area contributed by atoms with Crippen molar-refractivity contribution in [2.24, 2.45) is 0 Å². The monoisotopic (exact) mass is 450 g/mol. The van der Waals surface area contributed by atoms with E-state index in [0.29, 0.717) is 5.69 Å². The van der Waals surface area contributed by atoms with Crippen molar-refractivity contribution in [1.29, 1.82) is 0 Å². The van der Waals surface area contributed by atoms with Crippen LogP contribution >= 0.6 is 0 Å². The summed E-state index contributed by atoms with van der Waals surface area (Å²) >= 11 is 0. The lowest BCUT2D eigenvalue weighted by Crippen LogP contribution is -2.36. The fourth-order valence-corrected chi connectivity index (χ4v) is 2.83. The molecule has 3 heterocycles. The second kappa shape index (κ2) is 10.0. The van der Waals surface area contributed by atoms with E-state index in [9.17, 15) is 13.2 Å². The second-order valence-electron chi connectivity index (χ2n) is 6.69. The summed E-state index contributed by atoms with van der Waals surface area (Å²) in [4.78, 5) is 15.6. The number of carboxylic acid groups (broad SMARTS) is 1. The van der Waals surface area contributed by atoms with Crippen LogP contribution in [0.25, 0.3) is 5.69 Å². The van der Waals surface area contributed by atoms with Crippen LogP contribution in [0.5, 0.6) is 0 Å². The van der Waals surface area contributed by atoms with Crippen molar-refractivity contribution in [3.63, 3.8) is 0 Å². The van der Waals surface area contributed by atoms with E-state index >= 15 is 0 Å². The first-order chi connectivity index (χ1) is 15.2. The molecule has 1 fully saturated rings. The van der Waals surface area contributed by atoms with Crippen LogP contribution in [0.1, 0.15) is 0 Å². The molecule has 1 aromatic carbocycles. The maximum absolute atomic E-state index is 10.6. The molecule has 0 spiro atoms. The molecule has 170 valence electrons. The molecular weight excluding hydrogens is 429 g/mol. The van der Waals surface area contributed by atoms with Crippen molar-refractivity contribution in [3.05, 3.63) is 55.0 Å².